The molecule has 2 rings (SSSR count). The maximum absolute atomic E-state index is 5.93. The third-order valence-electron chi connectivity index (χ3n) is 3.96. The second-order valence-corrected chi connectivity index (χ2v) is 5.83. The van der Waals surface area contributed by atoms with Crippen molar-refractivity contribution in [2.75, 3.05) is 27.2 Å². The van der Waals surface area contributed by atoms with E-state index >= 15 is 0 Å². The Morgan fingerprint density at radius 2 is 2.29 bits per heavy atom. The van der Waals surface area contributed by atoms with E-state index in [2.05, 4.69) is 20.3 Å². The zero-order chi connectivity index (χ0) is 14.5. The van der Waals surface area contributed by atoms with Crippen molar-refractivity contribution in [3.05, 3.63) is 18.0 Å². The molecular formula is C14H27IN6. The van der Waals surface area contributed by atoms with Gasteiger partial charge in [-0.15, -0.1) is 24.0 Å². The maximum Gasteiger partial charge on any atom is 0.188 e. The Kier molecular flexibility index (Phi) is 7.44. The van der Waals surface area contributed by atoms with E-state index in [-0.39, 0.29) is 30.0 Å². The van der Waals surface area contributed by atoms with Crippen molar-refractivity contribution >= 4 is 29.9 Å². The van der Waals surface area contributed by atoms with Gasteiger partial charge in [0.05, 0.1) is 18.8 Å². The third kappa shape index (κ3) is 5.46. The van der Waals surface area contributed by atoms with Crippen LogP contribution in [0.1, 0.15) is 30.9 Å². The molecule has 0 saturated heterocycles. The molecule has 0 amide bonds. The van der Waals surface area contributed by atoms with Gasteiger partial charge in [-0.05, 0) is 32.9 Å². The molecule has 1 aromatic rings. The number of aliphatic imine (C=N–C) groups is 1. The molecule has 0 spiro atoms. The predicted molar refractivity (Wildman–Crippen MR) is 96.9 cm³/mol. The highest BCUT2D eigenvalue weighted by molar-refractivity contribution is 14.0. The molecule has 1 unspecified atom stereocenters. The van der Waals surface area contributed by atoms with Crippen LogP contribution < -0.4 is 11.1 Å². The van der Waals surface area contributed by atoms with Gasteiger partial charge in [0.1, 0.15) is 0 Å². The molecule has 1 saturated carbocycles. The Hall–Kier alpha value is -0.830. The summed E-state index contributed by atoms with van der Waals surface area (Å²) in [5, 5.41) is 7.44. The number of nitrogens with two attached hydrogens (primary N) is 1. The Morgan fingerprint density at radius 3 is 2.76 bits per heavy atom. The molecule has 21 heavy (non-hydrogen) atoms. The van der Waals surface area contributed by atoms with Gasteiger partial charge in [0, 0.05) is 25.4 Å². The van der Waals surface area contributed by atoms with E-state index in [9.17, 15) is 0 Å². The van der Waals surface area contributed by atoms with Crippen LogP contribution in [0.15, 0.2) is 17.4 Å². The van der Waals surface area contributed by atoms with Crippen LogP contribution in [0.25, 0.3) is 0 Å². The molecule has 6 nitrogen and oxygen atoms in total. The summed E-state index contributed by atoms with van der Waals surface area (Å²) in [7, 11) is 6.02. The Bertz CT molecular complexity index is 452. The van der Waals surface area contributed by atoms with Gasteiger partial charge < -0.3 is 16.0 Å². The molecule has 0 bridgehead atoms. The molecule has 7 heteroatoms. The van der Waals surface area contributed by atoms with Crippen LogP contribution in [-0.4, -0.2) is 47.8 Å². The summed E-state index contributed by atoms with van der Waals surface area (Å²) in [4.78, 5) is 6.60. The molecule has 0 aromatic carbocycles. The normalized spacial score (nSPS) is 17.2. The van der Waals surface area contributed by atoms with E-state index in [0.29, 0.717) is 12.5 Å². The smallest absolute Gasteiger partial charge is 0.188 e. The SMILES string of the molecule is CN(C)C(CN=C(N)NCC1CCC1)c1cnn(C)c1.I. The van der Waals surface area contributed by atoms with Crippen LogP contribution in [-0.2, 0) is 7.05 Å². The number of hydrogen-bond donors (Lipinski definition) is 2. The minimum absolute atomic E-state index is 0. The van der Waals surface area contributed by atoms with Gasteiger partial charge in [0.15, 0.2) is 5.96 Å². The number of likely N-dealkylation sites (N-methyl/N-ethyl adjacent to an activating group) is 1. The first-order chi connectivity index (χ1) is 9.56. The first kappa shape index (κ1) is 18.2. The largest absolute Gasteiger partial charge is 0.370 e. The van der Waals surface area contributed by atoms with E-state index in [1.807, 2.05) is 38.2 Å². The van der Waals surface area contributed by atoms with Crippen molar-refractivity contribution in [2.24, 2.45) is 23.7 Å². The van der Waals surface area contributed by atoms with Gasteiger partial charge in [-0.3, -0.25) is 9.67 Å². The van der Waals surface area contributed by atoms with Gasteiger partial charge in [-0.1, -0.05) is 6.42 Å². The average Bonchev–Trinajstić information content (AvgIpc) is 2.73. The van der Waals surface area contributed by atoms with E-state index < -0.39 is 0 Å². The summed E-state index contributed by atoms with van der Waals surface area (Å²) in [5.41, 5.74) is 7.09. The number of nitrogens with one attached hydrogen (secondary N) is 1. The van der Waals surface area contributed by atoms with Gasteiger partial charge in [-0.2, -0.15) is 5.10 Å². The molecule has 1 aliphatic rings. The third-order valence-corrected chi connectivity index (χ3v) is 3.96. The molecule has 1 heterocycles. The van der Waals surface area contributed by atoms with Crippen molar-refractivity contribution in [1.82, 2.24) is 20.0 Å². The van der Waals surface area contributed by atoms with Crippen LogP contribution in [0.2, 0.25) is 0 Å². The number of guanidine groups is 1. The van der Waals surface area contributed by atoms with Crippen LogP contribution in [0.4, 0.5) is 0 Å². The second kappa shape index (κ2) is 8.57. The lowest BCUT2D eigenvalue weighted by Crippen LogP contribution is -2.38. The predicted octanol–water partition coefficient (Wildman–Crippen LogP) is 1.35. The fourth-order valence-corrected chi connectivity index (χ4v) is 2.37. The Labute approximate surface area is 144 Å². The summed E-state index contributed by atoms with van der Waals surface area (Å²) in [6.45, 7) is 1.59. The van der Waals surface area contributed by atoms with E-state index in [0.717, 1.165) is 18.0 Å². The van der Waals surface area contributed by atoms with Gasteiger partial charge in [-0.25, -0.2) is 0 Å². The quantitative estimate of drug-likeness (QED) is 0.425. The summed E-state index contributed by atoms with van der Waals surface area (Å²) >= 11 is 0. The summed E-state index contributed by atoms with van der Waals surface area (Å²) in [6.07, 6.45) is 7.90. The van der Waals surface area contributed by atoms with Crippen molar-refractivity contribution in [3.8, 4) is 0 Å². The standard InChI is InChI=1S/C14H26N6.HI/c1-19(2)13(12-8-18-20(3)10-12)9-17-14(15)16-7-11-5-4-6-11;/h8,10-11,13H,4-7,9H2,1-3H3,(H3,15,16,17);1H. The fourth-order valence-electron chi connectivity index (χ4n) is 2.37. The first-order valence-corrected chi connectivity index (χ1v) is 7.25. The molecule has 1 aliphatic carbocycles. The van der Waals surface area contributed by atoms with Crippen molar-refractivity contribution in [2.45, 2.75) is 25.3 Å². The lowest BCUT2D eigenvalue weighted by atomic mass is 9.85. The molecular weight excluding hydrogens is 379 g/mol. The van der Waals surface area contributed by atoms with Crippen LogP contribution in [0.5, 0.6) is 0 Å². The second-order valence-electron chi connectivity index (χ2n) is 5.83. The number of halogens is 1. The van der Waals surface area contributed by atoms with Crippen molar-refractivity contribution in [3.63, 3.8) is 0 Å². The number of aryl methyl sites for hydroxylation is 1. The average molecular weight is 406 g/mol. The number of rotatable bonds is 6. The summed E-state index contributed by atoms with van der Waals surface area (Å²) < 4.78 is 1.81. The zero-order valence-corrected chi connectivity index (χ0v) is 15.4. The zero-order valence-electron chi connectivity index (χ0n) is 13.1. The molecule has 1 fully saturated rings. The lowest BCUT2D eigenvalue weighted by molar-refractivity contribution is 0.305. The van der Waals surface area contributed by atoms with E-state index in [4.69, 9.17) is 5.73 Å². The molecule has 0 radical (unpaired) electrons. The summed E-state index contributed by atoms with van der Waals surface area (Å²) in [5.74, 6) is 1.33. The van der Waals surface area contributed by atoms with Gasteiger partial charge in [0.2, 0.25) is 0 Å². The number of aromatic nitrogens is 2. The van der Waals surface area contributed by atoms with Crippen LogP contribution in [0, 0.1) is 5.92 Å². The highest BCUT2D eigenvalue weighted by atomic mass is 127. The molecule has 3 N–H and O–H groups in total. The molecule has 0 aliphatic heterocycles. The molecule has 120 valence electrons. The Balaban J connectivity index is 0.00000220. The molecule has 1 atom stereocenters. The monoisotopic (exact) mass is 406 g/mol. The Morgan fingerprint density at radius 1 is 1.57 bits per heavy atom. The first-order valence-electron chi connectivity index (χ1n) is 7.25. The van der Waals surface area contributed by atoms with Gasteiger partial charge in [0.25, 0.3) is 0 Å². The summed E-state index contributed by atoms with van der Waals surface area (Å²) in [6, 6.07) is 0.202. The molecule has 1 aromatic heterocycles. The number of nitrogens with zero attached hydrogens (tertiary/aromatic N) is 4. The van der Waals surface area contributed by atoms with Crippen LogP contribution in [0.3, 0.4) is 0 Å². The van der Waals surface area contributed by atoms with E-state index in [1.165, 1.54) is 19.3 Å². The minimum atomic E-state index is 0. The highest BCUT2D eigenvalue weighted by Crippen LogP contribution is 2.25. The van der Waals surface area contributed by atoms with E-state index in [1.54, 1.807) is 0 Å². The van der Waals surface area contributed by atoms with Gasteiger partial charge >= 0.3 is 0 Å². The minimum Gasteiger partial charge on any atom is -0.370 e. The van der Waals surface area contributed by atoms with Crippen molar-refractivity contribution in [1.29, 1.82) is 0 Å². The topological polar surface area (TPSA) is 71.5 Å². The lowest BCUT2D eigenvalue weighted by Gasteiger charge is -2.26. The number of hydrogen-bond acceptors (Lipinski definition) is 3. The van der Waals surface area contributed by atoms with Crippen LogP contribution >= 0.6 is 24.0 Å². The highest BCUT2D eigenvalue weighted by Gasteiger charge is 2.18. The van der Waals surface area contributed by atoms with Crippen molar-refractivity contribution < 1.29 is 0 Å². The maximum atomic E-state index is 5.93. The fraction of sp³-hybridized carbons (Fsp3) is 0.714.